The van der Waals surface area contributed by atoms with Crippen molar-refractivity contribution in [2.45, 2.75) is 83.1 Å². The number of rotatable bonds is 3. The van der Waals surface area contributed by atoms with Crippen molar-refractivity contribution in [1.82, 2.24) is 5.43 Å². The maximum absolute atomic E-state index is 6.13. The van der Waals surface area contributed by atoms with Crippen molar-refractivity contribution in [2.24, 2.45) is 34.9 Å². The van der Waals surface area contributed by atoms with Crippen LogP contribution in [-0.2, 0) is 0 Å². The third kappa shape index (κ3) is 2.23. The van der Waals surface area contributed by atoms with Crippen LogP contribution in [0.15, 0.2) is 0 Å². The minimum absolute atomic E-state index is 0.582. The van der Waals surface area contributed by atoms with E-state index in [1.807, 2.05) is 0 Å². The molecular formula is C18H32N2. The van der Waals surface area contributed by atoms with Crippen LogP contribution in [0.25, 0.3) is 0 Å². The van der Waals surface area contributed by atoms with Crippen LogP contribution in [0.2, 0.25) is 0 Å². The standard InChI is InChI=1S/C18H32N2/c19-20-17(16-5-3-1-2-4-6-16)18-10-13-7-14(11-18)9-15(8-13)12-18/h13-17,20H,1-12,19H2. The zero-order valence-corrected chi connectivity index (χ0v) is 12.9. The summed E-state index contributed by atoms with van der Waals surface area (Å²) in [6.45, 7) is 0. The van der Waals surface area contributed by atoms with Gasteiger partial charge in [0.1, 0.15) is 0 Å². The van der Waals surface area contributed by atoms with E-state index in [2.05, 4.69) is 5.43 Å². The average Bonchev–Trinajstić information content (AvgIpc) is 2.66. The molecule has 20 heavy (non-hydrogen) atoms. The molecule has 0 amide bonds. The molecule has 0 aromatic heterocycles. The minimum Gasteiger partial charge on any atom is -0.271 e. The fourth-order valence-corrected chi connectivity index (χ4v) is 7.02. The minimum atomic E-state index is 0.582. The Kier molecular flexibility index (Phi) is 3.58. The van der Waals surface area contributed by atoms with E-state index < -0.39 is 0 Å². The molecule has 5 aliphatic rings. The average molecular weight is 276 g/mol. The van der Waals surface area contributed by atoms with Gasteiger partial charge in [-0.05, 0) is 80.5 Å². The Hall–Kier alpha value is -0.0800. The topological polar surface area (TPSA) is 38.0 Å². The van der Waals surface area contributed by atoms with Crippen molar-refractivity contribution in [1.29, 1.82) is 0 Å². The molecule has 2 nitrogen and oxygen atoms in total. The zero-order valence-electron chi connectivity index (χ0n) is 12.9. The van der Waals surface area contributed by atoms with E-state index >= 15 is 0 Å². The van der Waals surface area contributed by atoms with Crippen molar-refractivity contribution in [3.05, 3.63) is 0 Å². The first-order chi connectivity index (χ1) is 9.79. The second-order valence-electron chi connectivity index (χ2n) is 8.68. The van der Waals surface area contributed by atoms with Crippen LogP contribution < -0.4 is 11.3 Å². The van der Waals surface area contributed by atoms with Gasteiger partial charge in [0, 0.05) is 6.04 Å². The highest BCUT2D eigenvalue weighted by Gasteiger charge is 2.55. The van der Waals surface area contributed by atoms with Crippen molar-refractivity contribution in [2.75, 3.05) is 0 Å². The SMILES string of the molecule is NNC(C1CCCCCC1)C12CC3CC(CC(C3)C1)C2. The summed E-state index contributed by atoms with van der Waals surface area (Å²) in [5, 5.41) is 0. The fourth-order valence-electron chi connectivity index (χ4n) is 7.02. The van der Waals surface area contributed by atoms with E-state index in [4.69, 9.17) is 5.84 Å². The molecule has 0 heterocycles. The van der Waals surface area contributed by atoms with E-state index in [1.54, 1.807) is 19.3 Å². The Bertz CT molecular complexity index is 308. The highest BCUT2D eigenvalue weighted by atomic mass is 15.2. The lowest BCUT2D eigenvalue weighted by atomic mass is 9.46. The number of nitrogens with one attached hydrogen (secondary N) is 1. The fraction of sp³-hybridized carbons (Fsp3) is 1.00. The van der Waals surface area contributed by atoms with Gasteiger partial charge in [0.05, 0.1) is 0 Å². The molecule has 0 spiro atoms. The summed E-state index contributed by atoms with van der Waals surface area (Å²) in [6, 6.07) is 0.619. The Morgan fingerprint density at radius 3 is 1.75 bits per heavy atom. The molecule has 0 aliphatic heterocycles. The molecule has 4 bridgehead atoms. The van der Waals surface area contributed by atoms with Crippen LogP contribution in [0.4, 0.5) is 0 Å². The summed E-state index contributed by atoms with van der Waals surface area (Å²) < 4.78 is 0. The molecule has 3 N–H and O–H groups in total. The van der Waals surface area contributed by atoms with Crippen molar-refractivity contribution in [3.8, 4) is 0 Å². The molecule has 5 saturated carbocycles. The molecule has 1 unspecified atom stereocenters. The van der Waals surface area contributed by atoms with Gasteiger partial charge in [0.2, 0.25) is 0 Å². The maximum atomic E-state index is 6.13. The summed E-state index contributed by atoms with van der Waals surface area (Å²) in [7, 11) is 0. The summed E-state index contributed by atoms with van der Waals surface area (Å²) in [6.07, 6.45) is 17.7. The van der Waals surface area contributed by atoms with Gasteiger partial charge in [-0.2, -0.15) is 0 Å². The van der Waals surface area contributed by atoms with Gasteiger partial charge < -0.3 is 0 Å². The van der Waals surface area contributed by atoms with Crippen LogP contribution in [-0.4, -0.2) is 6.04 Å². The van der Waals surface area contributed by atoms with Gasteiger partial charge in [-0.25, -0.2) is 0 Å². The molecule has 5 fully saturated rings. The predicted octanol–water partition coefficient (Wildman–Crippen LogP) is 4.01. The van der Waals surface area contributed by atoms with Crippen LogP contribution in [0, 0.1) is 29.1 Å². The molecule has 1 atom stereocenters. The zero-order chi connectivity index (χ0) is 13.6. The third-order valence-electron chi connectivity index (χ3n) is 7.30. The summed E-state index contributed by atoms with van der Waals surface area (Å²) in [5.41, 5.74) is 3.94. The summed E-state index contributed by atoms with van der Waals surface area (Å²) >= 11 is 0. The normalized spacial score (nSPS) is 46.4. The lowest BCUT2D eigenvalue weighted by Gasteiger charge is -2.60. The van der Waals surface area contributed by atoms with E-state index in [0.717, 1.165) is 23.7 Å². The molecule has 0 saturated heterocycles. The largest absolute Gasteiger partial charge is 0.271 e. The van der Waals surface area contributed by atoms with Gasteiger partial charge in [0.25, 0.3) is 0 Å². The maximum Gasteiger partial charge on any atom is 0.0295 e. The first-order valence-corrected chi connectivity index (χ1v) is 9.25. The Morgan fingerprint density at radius 1 is 0.800 bits per heavy atom. The smallest absolute Gasteiger partial charge is 0.0295 e. The van der Waals surface area contributed by atoms with Crippen LogP contribution in [0.5, 0.6) is 0 Å². The Balaban J connectivity index is 1.57. The first kappa shape index (κ1) is 13.6. The first-order valence-electron chi connectivity index (χ1n) is 9.25. The lowest BCUT2D eigenvalue weighted by Crippen LogP contribution is -2.59. The van der Waals surface area contributed by atoms with E-state index in [1.165, 1.54) is 57.8 Å². The van der Waals surface area contributed by atoms with Crippen molar-refractivity contribution < 1.29 is 0 Å². The number of hydrogen-bond donors (Lipinski definition) is 2. The molecule has 5 rings (SSSR count). The highest BCUT2D eigenvalue weighted by molar-refractivity contribution is 5.07. The van der Waals surface area contributed by atoms with E-state index in [-0.39, 0.29) is 0 Å². The van der Waals surface area contributed by atoms with Crippen molar-refractivity contribution >= 4 is 0 Å². The second kappa shape index (κ2) is 5.28. The molecular weight excluding hydrogens is 244 g/mol. The molecule has 0 aromatic rings. The van der Waals surface area contributed by atoms with E-state index in [0.29, 0.717) is 11.5 Å². The van der Waals surface area contributed by atoms with Gasteiger partial charge in [-0.3, -0.25) is 11.3 Å². The Morgan fingerprint density at radius 2 is 1.30 bits per heavy atom. The van der Waals surface area contributed by atoms with Crippen LogP contribution >= 0.6 is 0 Å². The molecule has 114 valence electrons. The van der Waals surface area contributed by atoms with Gasteiger partial charge in [-0.1, -0.05) is 25.7 Å². The van der Waals surface area contributed by atoms with Gasteiger partial charge in [-0.15, -0.1) is 0 Å². The van der Waals surface area contributed by atoms with Gasteiger partial charge in [0.15, 0.2) is 0 Å². The second-order valence-corrected chi connectivity index (χ2v) is 8.68. The van der Waals surface area contributed by atoms with Crippen molar-refractivity contribution in [3.63, 3.8) is 0 Å². The predicted molar refractivity (Wildman–Crippen MR) is 82.9 cm³/mol. The third-order valence-corrected chi connectivity index (χ3v) is 7.30. The number of hydrazine groups is 1. The monoisotopic (exact) mass is 276 g/mol. The molecule has 5 aliphatic carbocycles. The molecule has 2 heteroatoms. The van der Waals surface area contributed by atoms with Gasteiger partial charge >= 0.3 is 0 Å². The van der Waals surface area contributed by atoms with Crippen LogP contribution in [0.1, 0.15) is 77.0 Å². The molecule has 0 aromatic carbocycles. The summed E-state index contributed by atoms with van der Waals surface area (Å²) in [5.74, 6) is 10.1. The summed E-state index contributed by atoms with van der Waals surface area (Å²) in [4.78, 5) is 0. The quantitative estimate of drug-likeness (QED) is 0.464. The number of hydrogen-bond acceptors (Lipinski definition) is 2. The highest BCUT2D eigenvalue weighted by Crippen LogP contribution is 2.62. The van der Waals surface area contributed by atoms with Crippen LogP contribution in [0.3, 0.4) is 0 Å². The van der Waals surface area contributed by atoms with E-state index in [9.17, 15) is 0 Å². The number of nitrogens with two attached hydrogens (primary N) is 1. The Labute approximate surface area is 124 Å². The molecule has 0 radical (unpaired) electrons. The lowest BCUT2D eigenvalue weighted by molar-refractivity contribution is -0.0863.